The third kappa shape index (κ3) is 6.73. The lowest BCUT2D eigenvalue weighted by Gasteiger charge is -2.15. The summed E-state index contributed by atoms with van der Waals surface area (Å²) in [6, 6.07) is 9.81. The number of anilines is 1. The highest BCUT2D eigenvalue weighted by molar-refractivity contribution is 9.11. The van der Waals surface area contributed by atoms with Crippen LogP contribution in [0.2, 0.25) is 10.0 Å². The number of rotatable bonds is 8. The van der Waals surface area contributed by atoms with Crippen molar-refractivity contribution in [2.45, 2.75) is 31.6 Å². The monoisotopic (exact) mass is 633 g/mol. The molecule has 0 saturated heterocycles. The maximum Gasteiger partial charge on any atom is 0.251 e. The molecule has 0 saturated carbocycles. The summed E-state index contributed by atoms with van der Waals surface area (Å²) < 4.78 is 3.52. The van der Waals surface area contributed by atoms with Crippen molar-refractivity contribution in [1.82, 2.24) is 20.1 Å². The largest absolute Gasteiger partial charge is 0.342 e. The second-order valence-corrected chi connectivity index (χ2v) is 10.4. The summed E-state index contributed by atoms with van der Waals surface area (Å²) in [6.45, 7) is 4.34. The molecule has 0 bridgehead atoms. The van der Waals surface area contributed by atoms with E-state index in [2.05, 4.69) is 52.7 Å². The van der Waals surface area contributed by atoms with Crippen LogP contribution in [-0.4, -0.2) is 32.3 Å². The second-order valence-electron chi connectivity index (χ2n) is 6.87. The SMILES string of the molecule is CCn1c(SCC(=O)Nc2cc(Br)ccc2Br)nnc1[C@H](C)NC(=O)c1ccc(Cl)c(Cl)c1. The first-order valence-electron chi connectivity index (χ1n) is 9.76. The first-order chi connectivity index (χ1) is 15.7. The van der Waals surface area contributed by atoms with Crippen LogP contribution in [0.3, 0.4) is 0 Å². The van der Waals surface area contributed by atoms with Crippen LogP contribution < -0.4 is 10.6 Å². The molecule has 2 amide bonds. The number of hydrogen-bond acceptors (Lipinski definition) is 5. The predicted molar refractivity (Wildman–Crippen MR) is 139 cm³/mol. The van der Waals surface area contributed by atoms with E-state index < -0.39 is 6.04 Å². The maximum absolute atomic E-state index is 12.6. The molecule has 0 aliphatic heterocycles. The van der Waals surface area contributed by atoms with Gasteiger partial charge in [0.05, 0.1) is 27.5 Å². The summed E-state index contributed by atoms with van der Waals surface area (Å²) >= 11 is 20.0. The minimum absolute atomic E-state index is 0.154. The number of halogens is 4. The zero-order valence-electron chi connectivity index (χ0n) is 17.5. The van der Waals surface area contributed by atoms with Gasteiger partial charge in [0.1, 0.15) is 0 Å². The fourth-order valence-electron chi connectivity index (χ4n) is 2.92. The Labute approximate surface area is 222 Å². The lowest BCUT2D eigenvalue weighted by molar-refractivity contribution is -0.113. The molecule has 0 spiro atoms. The summed E-state index contributed by atoms with van der Waals surface area (Å²) in [6.07, 6.45) is 0. The van der Waals surface area contributed by atoms with E-state index in [4.69, 9.17) is 23.2 Å². The van der Waals surface area contributed by atoms with Gasteiger partial charge in [0.2, 0.25) is 5.91 Å². The molecule has 0 radical (unpaired) electrons. The summed E-state index contributed by atoms with van der Waals surface area (Å²) in [4.78, 5) is 25.0. The van der Waals surface area contributed by atoms with Crippen molar-refractivity contribution in [2.24, 2.45) is 0 Å². The lowest BCUT2D eigenvalue weighted by Crippen LogP contribution is -2.28. The third-order valence-corrected chi connectivity index (χ3v) is 7.40. The Bertz CT molecular complexity index is 1190. The standard InChI is InChI=1S/C21H19Br2Cl2N5O2S/c1-3-30-19(11(2)26-20(32)12-4-7-15(24)16(25)8-12)28-29-21(30)33-10-18(31)27-17-9-13(22)5-6-14(17)23/h4-9,11H,3,10H2,1-2H3,(H,26,32)(H,27,31)/t11-/m0/s1. The zero-order valence-corrected chi connectivity index (χ0v) is 23.0. The second kappa shape index (κ2) is 11.7. The van der Waals surface area contributed by atoms with E-state index in [0.29, 0.717) is 38.8 Å². The molecule has 3 aromatic rings. The van der Waals surface area contributed by atoms with Crippen LogP contribution in [-0.2, 0) is 11.3 Å². The average Bonchev–Trinajstić information content (AvgIpc) is 3.19. The summed E-state index contributed by atoms with van der Waals surface area (Å²) in [7, 11) is 0. The van der Waals surface area contributed by atoms with Gasteiger partial charge in [0.15, 0.2) is 11.0 Å². The molecule has 12 heteroatoms. The Morgan fingerprint density at radius 2 is 1.88 bits per heavy atom. The van der Waals surface area contributed by atoms with Gasteiger partial charge in [0.25, 0.3) is 5.91 Å². The van der Waals surface area contributed by atoms with Crippen molar-refractivity contribution in [3.63, 3.8) is 0 Å². The molecular weight excluding hydrogens is 617 g/mol. The van der Waals surface area contributed by atoms with Crippen LogP contribution in [0.15, 0.2) is 50.5 Å². The number of aromatic nitrogens is 3. The van der Waals surface area contributed by atoms with Gasteiger partial charge >= 0.3 is 0 Å². The molecule has 3 rings (SSSR count). The number of benzene rings is 2. The van der Waals surface area contributed by atoms with Crippen LogP contribution in [0.1, 0.15) is 36.1 Å². The van der Waals surface area contributed by atoms with Crippen LogP contribution in [0.4, 0.5) is 5.69 Å². The highest BCUT2D eigenvalue weighted by Gasteiger charge is 2.20. The molecule has 0 fully saturated rings. The van der Waals surface area contributed by atoms with Gasteiger partial charge in [-0.1, -0.05) is 50.9 Å². The minimum Gasteiger partial charge on any atom is -0.342 e. The fourth-order valence-corrected chi connectivity index (χ4v) is 4.73. The van der Waals surface area contributed by atoms with Gasteiger partial charge < -0.3 is 15.2 Å². The quantitative estimate of drug-likeness (QED) is 0.282. The van der Waals surface area contributed by atoms with Crippen molar-refractivity contribution in [1.29, 1.82) is 0 Å². The summed E-state index contributed by atoms with van der Waals surface area (Å²) in [5, 5.41) is 15.5. The molecule has 1 heterocycles. The van der Waals surface area contributed by atoms with Gasteiger partial charge in [-0.25, -0.2) is 0 Å². The normalized spacial score (nSPS) is 11.8. The van der Waals surface area contributed by atoms with Gasteiger partial charge in [-0.15, -0.1) is 10.2 Å². The number of hydrogen-bond donors (Lipinski definition) is 2. The van der Waals surface area contributed by atoms with Crippen LogP contribution >= 0.6 is 66.8 Å². The van der Waals surface area contributed by atoms with Crippen LogP contribution in [0, 0.1) is 0 Å². The Morgan fingerprint density at radius 1 is 1.12 bits per heavy atom. The van der Waals surface area contributed by atoms with E-state index >= 15 is 0 Å². The Morgan fingerprint density at radius 3 is 2.58 bits per heavy atom. The van der Waals surface area contributed by atoms with Crippen molar-refractivity contribution >= 4 is 84.3 Å². The zero-order chi connectivity index (χ0) is 24.1. The smallest absolute Gasteiger partial charge is 0.251 e. The molecule has 1 aromatic heterocycles. The van der Waals surface area contributed by atoms with E-state index in [1.807, 2.05) is 36.6 Å². The molecular formula is C21H19Br2Cl2N5O2S. The predicted octanol–water partition coefficient (Wildman–Crippen LogP) is 6.35. The molecule has 2 N–H and O–H groups in total. The minimum atomic E-state index is -0.416. The molecule has 0 aliphatic carbocycles. The number of nitrogens with zero attached hydrogens (tertiary/aromatic N) is 3. The number of thioether (sulfide) groups is 1. The number of carbonyl (C=O) groups is 2. The number of amides is 2. The highest BCUT2D eigenvalue weighted by Crippen LogP contribution is 2.27. The topological polar surface area (TPSA) is 88.9 Å². The van der Waals surface area contributed by atoms with Gasteiger partial charge in [-0.2, -0.15) is 0 Å². The Balaban J connectivity index is 1.65. The van der Waals surface area contributed by atoms with Crippen molar-refractivity contribution in [3.8, 4) is 0 Å². The molecule has 33 heavy (non-hydrogen) atoms. The van der Waals surface area contributed by atoms with Crippen LogP contribution in [0.25, 0.3) is 0 Å². The van der Waals surface area contributed by atoms with Crippen molar-refractivity contribution in [2.75, 3.05) is 11.1 Å². The molecule has 2 aromatic carbocycles. The van der Waals surface area contributed by atoms with Crippen molar-refractivity contribution in [3.05, 3.63) is 66.8 Å². The maximum atomic E-state index is 12.6. The van der Waals surface area contributed by atoms with Gasteiger partial charge in [-0.3, -0.25) is 9.59 Å². The fraction of sp³-hybridized carbons (Fsp3) is 0.238. The first-order valence-corrected chi connectivity index (χ1v) is 13.1. The van der Waals surface area contributed by atoms with E-state index in [1.54, 1.807) is 12.1 Å². The average molecular weight is 636 g/mol. The van der Waals surface area contributed by atoms with E-state index in [-0.39, 0.29) is 17.6 Å². The van der Waals surface area contributed by atoms with E-state index in [0.717, 1.165) is 8.95 Å². The van der Waals surface area contributed by atoms with Gasteiger partial charge in [-0.05, 0) is 66.2 Å². The molecule has 174 valence electrons. The Hall–Kier alpha value is -1.59. The summed E-state index contributed by atoms with van der Waals surface area (Å²) in [5.41, 5.74) is 1.06. The first kappa shape index (κ1) is 26.0. The van der Waals surface area contributed by atoms with Gasteiger partial charge in [0, 0.05) is 21.1 Å². The molecule has 0 aliphatic rings. The molecule has 1 atom stereocenters. The number of carbonyl (C=O) groups excluding carboxylic acids is 2. The summed E-state index contributed by atoms with van der Waals surface area (Å²) in [5.74, 6) is 0.261. The van der Waals surface area contributed by atoms with E-state index in [1.165, 1.54) is 17.8 Å². The van der Waals surface area contributed by atoms with Crippen molar-refractivity contribution < 1.29 is 9.59 Å². The highest BCUT2D eigenvalue weighted by atomic mass is 79.9. The molecule has 7 nitrogen and oxygen atoms in total. The third-order valence-electron chi connectivity index (χ3n) is 4.51. The molecule has 0 unspecified atom stereocenters. The lowest BCUT2D eigenvalue weighted by atomic mass is 10.2. The van der Waals surface area contributed by atoms with E-state index in [9.17, 15) is 9.59 Å². The Kier molecular flexibility index (Phi) is 9.23. The van der Waals surface area contributed by atoms with Crippen LogP contribution in [0.5, 0.6) is 0 Å². The number of nitrogens with one attached hydrogen (secondary N) is 2.